The van der Waals surface area contributed by atoms with Crippen molar-refractivity contribution in [3.05, 3.63) is 30.1 Å². The predicted octanol–water partition coefficient (Wildman–Crippen LogP) is 2.51. The second-order valence-electron chi connectivity index (χ2n) is 5.01. The lowest BCUT2D eigenvalue weighted by molar-refractivity contribution is -0.127. The highest BCUT2D eigenvalue weighted by Gasteiger charge is 2.42. The Hall–Kier alpha value is -1.71. The summed E-state index contributed by atoms with van der Waals surface area (Å²) in [6.07, 6.45) is 3.23. The van der Waals surface area contributed by atoms with Crippen LogP contribution in [0.2, 0.25) is 0 Å². The molecular formula is C14H14FNO2. The van der Waals surface area contributed by atoms with E-state index < -0.39 is 5.82 Å². The predicted molar refractivity (Wildman–Crippen MR) is 64.3 cm³/mol. The number of hydrogen-bond donors (Lipinski definition) is 0. The molecule has 2 amide bonds. The van der Waals surface area contributed by atoms with Crippen molar-refractivity contribution in [2.75, 3.05) is 4.90 Å². The van der Waals surface area contributed by atoms with E-state index in [1.807, 2.05) is 0 Å². The lowest BCUT2D eigenvalue weighted by Crippen LogP contribution is -2.39. The second kappa shape index (κ2) is 4.19. The van der Waals surface area contributed by atoms with Crippen LogP contribution in [0.5, 0.6) is 0 Å². The number of imide groups is 1. The zero-order valence-corrected chi connectivity index (χ0v) is 9.93. The molecule has 1 aromatic carbocycles. The summed E-state index contributed by atoms with van der Waals surface area (Å²) in [7, 11) is 0. The molecule has 2 saturated carbocycles. The molecule has 18 heavy (non-hydrogen) atoms. The van der Waals surface area contributed by atoms with E-state index in [-0.39, 0.29) is 29.3 Å². The quantitative estimate of drug-likeness (QED) is 0.769. The molecular weight excluding hydrogens is 233 g/mol. The molecule has 94 valence electrons. The van der Waals surface area contributed by atoms with Crippen LogP contribution >= 0.6 is 0 Å². The minimum absolute atomic E-state index is 0.0905. The summed E-state index contributed by atoms with van der Waals surface area (Å²) in [6, 6.07) is 5.98. The molecule has 0 N–H and O–H groups in total. The minimum Gasteiger partial charge on any atom is -0.274 e. The van der Waals surface area contributed by atoms with E-state index in [1.165, 1.54) is 12.1 Å². The zero-order chi connectivity index (χ0) is 12.7. The van der Waals surface area contributed by atoms with E-state index in [4.69, 9.17) is 0 Å². The Bertz CT molecular complexity index is 482. The summed E-state index contributed by atoms with van der Waals surface area (Å²) >= 11 is 0. The van der Waals surface area contributed by atoms with Crippen molar-refractivity contribution in [2.24, 2.45) is 11.8 Å². The summed E-state index contributed by atoms with van der Waals surface area (Å²) < 4.78 is 13.8. The van der Waals surface area contributed by atoms with Gasteiger partial charge in [0.15, 0.2) is 0 Å². The third kappa shape index (κ3) is 2.03. The maximum absolute atomic E-state index is 13.8. The third-order valence-corrected chi connectivity index (χ3v) is 3.39. The standard InChI is InChI=1S/C14H14FNO2/c15-11-3-1-2-4-12(11)16(13(17)9-5-6-9)14(18)10-7-8-10/h1-4,9-10H,5-8H2. The molecule has 0 aliphatic heterocycles. The number of para-hydroxylation sites is 1. The summed E-state index contributed by atoms with van der Waals surface area (Å²) in [5.74, 6) is -1.17. The van der Waals surface area contributed by atoms with E-state index in [0.29, 0.717) is 0 Å². The molecule has 0 radical (unpaired) electrons. The van der Waals surface area contributed by atoms with Crippen molar-refractivity contribution in [2.45, 2.75) is 25.7 Å². The molecule has 0 spiro atoms. The first-order chi connectivity index (χ1) is 8.68. The molecule has 0 atom stereocenters. The van der Waals surface area contributed by atoms with Crippen molar-refractivity contribution in [1.29, 1.82) is 0 Å². The largest absolute Gasteiger partial charge is 0.274 e. The Morgan fingerprint density at radius 1 is 1.00 bits per heavy atom. The summed E-state index contributed by atoms with van der Waals surface area (Å²) in [6.45, 7) is 0. The maximum Gasteiger partial charge on any atom is 0.236 e. The number of rotatable bonds is 3. The normalized spacial score (nSPS) is 18.5. The van der Waals surface area contributed by atoms with Crippen molar-refractivity contribution >= 4 is 17.5 Å². The van der Waals surface area contributed by atoms with E-state index in [2.05, 4.69) is 0 Å². The van der Waals surface area contributed by atoms with Gasteiger partial charge in [-0.05, 0) is 37.8 Å². The number of hydrogen-bond acceptors (Lipinski definition) is 2. The van der Waals surface area contributed by atoms with Gasteiger partial charge in [-0.25, -0.2) is 9.29 Å². The first-order valence-electron chi connectivity index (χ1n) is 6.31. The van der Waals surface area contributed by atoms with Crippen LogP contribution in [0.4, 0.5) is 10.1 Å². The van der Waals surface area contributed by atoms with Gasteiger partial charge >= 0.3 is 0 Å². The highest BCUT2D eigenvalue weighted by molar-refractivity contribution is 6.17. The molecule has 0 heterocycles. The van der Waals surface area contributed by atoms with Gasteiger partial charge in [0.2, 0.25) is 11.8 Å². The Kier molecular flexibility index (Phi) is 2.65. The van der Waals surface area contributed by atoms with Gasteiger partial charge in [-0.15, -0.1) is 0 Å². The van der Waals surface area contributed by atoms with Gasteiger partial charge in [0, 0.05) is 11.8 Å². The van der Waals surface area contributed by atoms with Crippen molar-refractivity contribution < 1.29 is 14.0 Å². The third-order valence-electron chi connectivity index (χ3n) is 3.39. The van der Waals surface area contributed by atoms with Crippen LogP contribution in [0, 0.1) is 17.7 Å². The van der Waals surface area contributed by atoms with E-state index in [1.54, 1.807) is 12.1 Å². The number of anilines is 1. The van der Waals surface area contributed by atoms with Crippen LogP contribution in [0.1, 0.15) is 25.7 Å². The minimum atomic E-state index is -0.513. The van der Waals surface area contributed by atoms with E-state index in [0.717, 1.165) is 30.6 Å². The van der Waals surface area contributed by atoms with Gasteiger partial charge in [-0.1, -0.05) is 12.1 Å². The van der Waals surface area contributed by atoms with Crippen LogP contribution in [0.3, 0.4) is 0 Å². The van der Waals surface area contributed by atoms with Crippen molar-refractivity contribution in [1.82, 2.24) is 0 Å². The lowest BCUT2D eigenvalue weighted by Gasteiger charge is -2.21. The van der Waals surface area contributed by atoms with Gasteiger partial charge in [0.05, 0.1) is 5.69 Å². The molecule has 0 aromatic heterocycles. The molecule has 3 nitrogen and oxygen atoms in total. The van der Waals surface area contributed by atoms with Gasteiger partial charge in [0.25, 0.3) is 0 Å². The number of amides is 2. The second-order valence-corrected chi connectivity index (χ2v) is 5.01. The Morgan fingerprint density at radius 2 is 1.50 bits per heavy atom. The first-order valence-corrected chi connectivity index (χ1v) is 6.31. The molecule has 2 aliphatic carbocycles. The number of benzene rings is 1. The number of carbonyl (C=O) groups is 2. The van der Waals surface area contributed by atoms with E-state index >= 15 is 0 Å². The smallest absolute Gasteiger partial charge is 0.236 e. The summed E-state index contributed by atoms with van der Waals surface area (Å²) in [5.41, 5.74) is 0.103. The van der Waals surface area contributed by atoms with Gasteiger partial charge in [-0.3, -0.25) is 9.59 Å². The van der Waals surface area contributed by atoms with Crippen LogP contribution in [-0.2, 0) is 9.59 Å². The average molecular weight is 247 g/mol. The summed E-state index contributed by atoms with van der Waals surface area (Å²) in [5, 5.41) is 0. The number of nitrogens with zero attached hydrogens (tertiary/aromatic N) is 1. The fourth-order valence-corrected chi connectivity index (χ4v) is 2.00. The molecule has 2 fully saturated rings. The van der Waals surface area contributed by atoms with Crippen molar-refractivity contribution in [3.63, 3.8) is 0 Å². The average Bonchev–Trinajstić information content (AvgIpc) is 3.23. The summed E-state index contributed by atoms with van der Waals surface area (Å²) in [4.78, 5) is 25.4. The van der Waals surface area contributed by atoms with Crippen LogP contribution < -0.4 is 4.90 Å². The topological polar surface area (TPSA) is 37.4 Å². The number of carbonyl (C=O) groups excluding carboxylic acids is 2. The number of halogens is 1. The molecule has 0 bridgehead atoms. The lowest BCUT2D eigenvalue weighted by atomic mass is 10.2. The molecule has 0 saturated heterocycles. The molecule has 2 aliphatic rings. The Labute approximate surface area is 105 Å². The zero-order valence-electron chi connectivity index (χ0n) is 9.93. The fourth-order valence-electron chi connectivity index (χ4n) is 2.00. The highest BCUT2D eigenvalue weighted by atomic mass is 19.1. The van der Waals surface area contributed by atoms with Crippen LogP contribution in [-0.4, -0.2) is 11.8 Å². The van der Waals surface area contributed by atoms with Gasteiger partial charge in [-0.2, -0.15) is 0 Å². The highest BCUT2D eigenvalue weighted by Crippen LogP contribution is 2.38. The molecule has 3 rings (SSSR count). The maximum atomic E-state index is 13.8. The monoisotopic (exact) mass is 247 g/mol. The molecule has 0 unspecified atom stereocenters. The first kappa shape index (κ1) is 11.4. The van der Waals surface area contributed by atoms with Crippen LogP contribution in [0.25, 0.3) is 0 Å². The van der Waals surface area contributed by atoms with Crippen molar-refractivity contribution in [3.8, 4) is 0 Å². The van der Waals surface area contributed by atoms with E-state index in [9.17, 15) is 14.0 Å². The van der Waals surface area contributed by atoms with Crippen LogP contribution in [0.15, 0.2) is 24.3 Å². The Balaban J connectivity index is 1.95. The SMILES string of the molecule is O=C(C1CC1)N(C(=O)C1CC1)c1ccccc1F. The van der Waals surface area contributed by atoms with Gasteiger partial charge in [0.1, 0.15) is 5.82 Å². The molecule has 4 heteroatoms. The fraction of sp³-hybridized carbons (Fsp3) is 0.429. The molecule has 1 aromatic rings. The van der Waals surface area contributed by atoms with Gasteiger partial charge < -0.3 is 0 Å². The Morgan fingerprint density at radius 3 is 1.94 bits per heavy atom.